The summed E-state index contributed by atoms with van der Waals surface area (Å²) in [6.07, 6.45) is -4.05. The lowest BCUT2D eigenvalue weighted by Crippen LogP contribution is -2.50. The quantitative estimate of drug-likeness (QED) is 0.841. The predicted molar refractivity (Wildman–Crippen MR) is 64.2 cm³/mol. The van der Waals surface area contributed by atoms with Gasteiger partial charge in [-0.25, -0.2) is 0 Å². The Hall–Kier alpha value is -1.89. The van der Waals surface area contributed by atoms with E-state index in [1.54, 1.807) is 0 Å². The van der Waals surface area contributed by atoms with Gasteiger partial charge in [0.05, 0.1) is 18.2 Å². The van der Waals surface area contributed by atoms with Crippen LogP contribution in [0.1, 0.15) is 24.0 Å². The highest BCUT2D eigenvalue weighted by Crippen LogP contribution is 2.30. The number of likely N-dealkylation sites (tertiary alicyclic amines) is 1. The molecule has 1 aliphatic heterocycles. The largest absolute Gasteiger partial charge is 0.416 e. The van der Waals surface area contributed by atoms with Crippen molar-refractivity contribution in [1.29, 1.82) is 0 Å². The number of hydrogen-bond acceptors (Lipinski definition) is 3. The van der Waals surface area contributed by atoms with Gasteiger partial charge in [-0.3, -0.25) is 14.5 Å². The predicted octanol–water partition coefficient (Wildman–Crippen LogP) is 1.68. The monoisotopic (exact) mass is 286 g/mol. The van der Waals surface area contributed by atoms with Crippen LogP contribution in [0.4, 0.5) is 13.2 Å². The maximum Gasteiger partial charge on any atom is 0.416 e. The van der Waals surface area contributed by atoms with Crippen LogP contribution in [-0.4, -0.2) is 22.8 Å². The molecule has 1 aliphatic rings. The Bertz CT molecular complexity index is 543. The molecule has 1 heterocycles. The van der Waals surface area contributed by atoms with Crippen molar-refractivity contribution in [1.82, 2.24) is 4.90 Å². The molecular formula is C13H13F3N2O2. The van der Waals surface area contributed by atoms with Crippen LogP contribution < -0.4 is 5.73 Å². The Morgan fingerprint density at radius 2 is 2.00 bits per heavy atom. The van der Waals surface area contributed by atoms with Crippen molar-refractivity contribution in [2.45, 2.75) is 31.6 Å². The number of nitrogens with two attached hydrogens (primary N) is 1. The van der Waals surface area contributed by atoms with E-state index in [0.717, 1.165) is 17.0 Å². The number of carbonyl (C=O) groups excluding carboxylic acids is 2. The molecule has 1 atom stereocenters. The van der Waals surface area contributed by atoms with E-state index in [0.29, 0.717) is 0 Å². The van der Waals surface area contributed by atoms with E-state index in [-0.39, 0.29) is 24.9 Å². The van der Waals surface area contributed by atoms with Gasteiger partial charge in [0.2, 0.25) is 11.8 Å². The zero-order valence-corrected chi connectivity index (χ0v) is 10.5. The number of hydrogen-bond donors (Lipinski definition) is 1. The van der Waals surface area contributed by atoms with E-state index in [4.69, 9.17) is 5.73 Å². The smallest absolute Gasteiger partial charge is 0.320 e. The van der Waals surface area contributed by atoms with Crippen molar-refractivity contribution in [3.63, 3.8) is 0 Å². The minimum Gasteiger partial charge on any atom is -0.320 e. The summed E-state index contributed by atoms with van der Waals surface area (Å²) < 4.78 is 37.8. The third kappa shape index (κ3) is 2.98. The highest BCUT2D eigenvalue weighted by molar-refractivity contribution is 6.00. The Labute approximate surface area is 113 Å². The number of piperidine rings is 1. The van der Waals surface area contributed by atoms with Crippen LogP contribution in [0.15, 0.2) is 24.3 Å². The van der Waals surface area contributed by atoms with Crippen LogP contribution in [0.3, 0.4) is 0 Å². The molecule has 2 N–H and O–H groups in total. The van der Waals surface area contributed by atoms with Gasteiger partial charge in [0, 0.05) is 6.42 Å². The number of amides is 2. The van der Waals surface area contributed by atoms with Gasteiger partial charge in [-0.15, -0.1) is 0 Å². The molecule has 0 aliphatic carbocycles. The number of benzene rings is 1. The Kier molecular flexibility index (Phi) is 3.80. The molecule has 1 aromatic rings. The van der Waals surface area contributed by atoms with Gasteiger partial charge >= 0.3 is 6.18 Å². The first-order valence-corrected chi connectivity index (χ1v) is 6.05. The summed E-state index contributed by atoms with van der Waals surface area (Å²) in [5.41, 5.74) is 5.00. The second-order valence-corrected chi connectivity index (χ2v) is 4.66. The normalized spacial score (nSPS) is 20.4. The van der Waals surface area contributed by atoms with Gasteiger partial charge in [0.1, 0.15) is 0 Å². The third-order valence-electron chi connectivity index (χ3n) is 3.15. The summed E-state index contributed by atoms with van der Waals surface area (Å²) in [7, 11) is 0. The lowest BCUT2D eigenvalue weighted by Gasteiger charge is -2.28. The van der Waals surface area contributed by atoms with Crippen LogP contribution in [0.5, 0.6) is 0 Å². The Balaban J connectivity index is 2.21. The van der Waals surface area contributed by atoms with Crippen LogP contribution in [0, 0.1) is 0 Å². The summed E-state index contributed by atoms with van der Waals surface area (Å²) in [6.45, 7) is -0.185. The summed E-state index contributed by atoms with van der Waals surface area (Å²) in [5, 5.41) is 0. The van der Waals surface area contributed by atoms with Crippen molar-refractivity contribution in [3.05, 3.63) is 35.4 Å². The zero-order valence-electron chi connectivity index (χ0n) is 10.5. The molecule has 1 saturated heterocycles. The van der Waals surface area contributed by atoms with Gasteiger partial charge in [-0.2, -0.15) is 13.2 Å². The highest BCUT2D eigenvalue weighted by Gasteiger charge is 2.33. The minimum atomic E-state index is -4.46. The summed E-state index contributed by atoms with van der Waals surface area (Å²) in [4.78, 5) is 24.4. The van der Waals surface area contributed by atoms with Gasteiger partial charge in [-0.1, -0.05) is 12.1 Å². The standard InChI is InChI=1S/C13H13F3N2O2/c14-13(15,16)9-3-1-2-8(6-9)7-18-11(19)5-4-10(17)12(18)20/h1-3,6,10H,4-5,7,17H2. The van der Waals surface area contributed by atoms with E-state index < -0.39 is 29.6 Å². The van der Waals surface area contributed by atoms with Crippen molar-refractivity contribution in [3.8, 4) is 0 Å². The summed E-state index contributed by atoms with van der Waals surface area (Å²) in [6, 6.07) is 3.79. The molecule has 0 spiro atoms. The minimum absolute atomic E-state index is 0.131. The second-order valence-electron chi connectivity index (χ2n) is 4.66. The van der Waals surface area contributed by atoms with Crippen molar-refractivity contribution in [2.24, 2.45) is 5.73 Å². The SMILES string of the molecule is NC1CCC(=O)N(Cc2cccc(C(F)(F)F)c2)C1=O. The average molecular weight is 286 g/mol. The average Bonchev–Trinajstić information content (AvgIpc) is 2.39. The second kappa shape index (κ2) is 5.24. The fourth-order valence-corrected chi connectivity index (χ4v) is 2.06. The molecule has 20 heavy (non-hydrogen) atoms. The molecule has 1 unspecified atom stereocenters. The van der Waals surface area contributed by atoms with E-state index in [9.17, 15) is 22.8 Å². The lowest BCUT2D eigenvalue weighted by molar-refractivity contribution is -0.149. The summed E-state index contributed by atoms with van der Waals surface area (Å²) >= 11 is 0. The van der Waals surface area contributed by atoms with Crippen molar-refractivity contribution in [2.75, 3.05) is 0 Å². The first-order chi connectivity index (χ1) is 9.29. The first kappa shape index (κ1) is 14.5. The number of rotatable bonds is 2. The molecule has 108 valence electrons. The van der Waals surface area contributed by atoms with Gasteiger partial charge < -0.3 is 5.73 Å². The van der Waals surface area contributed by atoms with Crippen LogP contribution in [-0.2, 0) is 22.3 Å². The van der Waals surface area contributed by atoms with E-state index in [2.05, 4.69) is 0 Å². The van der Waals surface area contributed by atoms with E-state index in [1.807, 2.05) is 0 Å². The number of halogens is 3. The van der Waals surface area contributed by atoms with Gasteiger partial charge in [0.15, 0.2) is 0 Å². The molecule has 7 heteroatoms. The Morgan fingerprint density at radius 1 is 1.30 bits per heavy atom. The van der Waals surface area contributed by atoms with Crippen molar-refractivity contribution < 1.29 is 22.8 Å². The zero-order chi connectivity index (χ0) is 14.9. The molecule has 0 saturated carbocycles. The fourth-order valence-electron chi connectivity index (χ4n) is 2.06. The molecule has 0 aromatic heterocycles. The number of carbonyl (C=O) groups is 2. The first-order valence-electron chi connectivity index (χ1n) is 6.05. The maximum atomic E-state index is 12.6. The maximum absolute atomic E-state index is 12.6. The molecule has 1 aromatic carbocycles. The van der Waals surface area contributed by atoms with Crippen LogP contribution in [0.25, 0.3) is 0 Å². The fraction of sp³-hybridized carbons (Fsp3) is 0.385. The highest BCUT2D eigenvalue weighted by atomic mass is 19.4. The number of alkyl halides is 3. The molecule has 2 amide bonds. The lowest BCUT2D eigenvalue weighted by atomic mass is 10.0. The number of imide groups is 1. The molecule has 4 nitrogen and oxygen atoms in total. The van der Waals surface area contributed by atoms with E-state index in [1.165, 1.54) is 12.1 Å². The molecule has 0 radical (unpaired) electrons. The molecule has 2 rings (SSSR count). The molecule has 1 fully saturated rings. The molecule has 0 bridgehead atoms. The van der Waals surface area contributed by atoms with Gasteiger partial charge in [0.25, 0.3) is 0 Å². The van der Waals surface area contributed by atoms with Crippen LogP contribution in [0.2, 0.25) is 0 Å². The summed E-state index contributed by atoms with van der Waals surface area (Å²) in [5.74, 6) is -0.951. The Morgan fingerprint density at radius 3 is 2.65 bits per heavy atom. The van der Waals surface area contributed by atoms with Gasteiger partial charge in [-0.05, 0) is 24.1 Å². The number of nitrogens with zero attached hydrogens (tertiary/aromatic N) is 1. The topological polar surface area (TPSA) is 63.4 Å². The van der Waals surface area contributed by atoms with E-state index >= 15 is 0 Å². The van der Waals surface area contributed by atoms with Crippen LogP contribution >= 0.6 is 0 Å². The third-order valence-corrected chi connectivity index (χ3v) is 3.15. The molecular weight excluding hydrogens is 273 g/mol. The van der Waals surface area contributed by atoms with Crippen molar-refractivity contribution >= 4 is 11.8 Å².